The van der Waals surface area contributed by atoms with Crippen LogP contribution in [-0.4, -0.2) is 48.3 Å². The number of carboxylic acid groups (broad SMARTS) is 1. The van der Waals surface area contributed by atoms with Gasteiger partial charge < -0.3 is 15.2 Å². The number of fused-ring (bicyclic) bond motifs is 3. The van der Waals surface area contributed by atoms with E-state index in [1.165, 1.54) is 0 Å². The second kappa shape index (κ2) is 9.66. The highest BCUT2D eigenvalue weighted by atomic mass is 16.5. The highest BCUT2D eigenvalue weighted by Gasteiger charge is 2.30. The van der Waals surface area contributed by atoms with Crippen LogP contribution in [0.25, 0.3) is 11.1 Å². The van der Waals surface area contributed by atoms with Crippen molar-refractivity contribution >= 4 is 12.1 Å². The number of hydrogen-bond acceptors (Lipinski definition) is 4. The van der Waals surface area contributed by atoms with E-state index in [9.17, 15) is 14.7 Å². The first kappa shape index (κ1) is 21.6. The molecule has 1 amide bonds. The number of carboxylic acids is 1. The Labute approximate surface area is 187 Å². The topological polar surface area (TPSA) is 78.9 Å². The average Bonchev–Trinajstić information content (AvgIpc) is 3.11. The molecule has 6 heteroatoms. The Kier molecular flexibility index (Phi) is 6.52. The third kappa shape index (κ3) is 4.81. The lowest BCUT2D eigenvalue weighted by Gasteiger charge is -2.22. The lowest BCUT2D eigenvalue weighted by atomic mass is 9.98. The third-order valence-electron chi connectivity index (χ3n) is 5.72. The lowest BCUT2D eigenvalue weighted by molar-refractivity contribution is -0.139. The van der Waals surface area contributed by atoms with Gasteiger partial charge in [0.25, 0.3) is 0 Å². The molecule has 0 fully saturated rings. The Hall–Kier alpha value is -3.64. The first-order valence-electron chi connectivity index (χ1n) is 10.6. The van der Waals surface area contributed by atoms with E-state index in [1.807, 2.05) is 78.7 Å². The van der Waals surface area contributed by atoms with Crippen LogP contribution in [0.4, 0.5) is 4.79 Å². The Morgan fingerprint density at radius 1 is 0.938 bits per heavy atom. The second-order valence-electron chi connectivity index (χ2n) is 8.04. The molecular formula is C26H26N2O4. The van der Waals surface area contributed by atoms with Gasteiger partial charge in [0.2, 0.25) is 0 Å². The summed E-state index contributed by atoms with van der Waals surface area (Å²) in [4.78, 5) is 26.0. The van der Waals surface area contributed by atoms with Crippen molar-refractivity contribution in [2.24, 2.45) is 0 Å². The Morgan fingerprint density at radius 2 is 1.50 bits per heavy atom. The molecule has 4 rings (SSSR count). The molecule has 3 aromatic rings. The average molecular weight is 431 g/mol. The molecule has 6 nitrogen and oxygen atoms in total. The maximum atomic E-state index is 12.5. The Balaban J connectivity index is 1.37. The van der Waals surface area contributed by atoms with Crippen LogP contribution in [0.15, 0.2) is 78.9 Å². The van der Waals surface area contributed by atoms with E-state index in [0.29, 0.717) is 6.54 Å². The van der Waals surface area contributed by atoms with Crippen molar-refractivity contribution in [1.29, 1.82) is 0 Å². The monoisotopic (exact) mass is 430 g/mol. The molecule has 0 bridgehead atoms. The van der Waals surface area contributed by atoms with Crippen LogP contribution in [0.3, 0.4) is 0 Å². The minimum atomic E-state index is -1.10. The maximum Gasteiger partial charge on any atom is 0.407 e. The van der Waals surface area contributed by atoms with E-state index in [2.05, 4.69) is 17.4 Å². The van der Waals surface area contributed by atoms with Crippen LogP contribution in [0.5, 0.6) is 0 Å². The van der Waals surface area contributed by atoms with Crippen LogP contribution >= 0.6 is 0 Å². The molecule has 0 spiro atoms. The SMILES string of the molecule is CN(Cc1ccccc1)CC(NC(=O)OCC1c2ccccc2-c2ccccc21)C(=O)O. The van der Waals surface area contributed by atoms with E-state index < -0.39 is 18.1 Å². The van der Waals surface area contributed by atoms with Crippen LogP contribution in [0, 0.1) is 0 Å². The molecule has 1 atom stereocenters. The molecule has 32 heavy (non-hydrogen) atoms. The molecule has 0 aliphatic heterocycles. The van der Waals surface area contributed by atoms with E-state index in [1.54, 1.807) is 0 Å². The predicted molar refractivity (Wildman–Crippen MR) is 122 cm³/mol. The zero-order valence-corrected chi connectivity index (χ0v) is 17.9. The lowest BCUT2D eigenvalue weighted by Crippen LogP contribution is -2.47. The summed E-state index contributed by atoms with van der Waals surface area (Å²) in [5, 5.41) is 12.1. The number of nitrogens with zero attached hydrogens (tertiary/aromatic N) is 1. The van der Waals surface area contributed by atoms with Crippen molar-refractivity contribution in [2.45, 2.75) is 18.5 Å². The molecule has 1 unspecified atom stereocenters. The number of hydrogen-bond donors (Lipinski definition) is 2. The highest BCUT2D eigenvalue weighted by molar-refractivity contribution is 5.81. The number of carbonyl (C=O) groups excluding carboxylic acids is 1. The summed E-state index contributed by atoms with van der Waals surface area (Å²) in [5.74, 6) is -1.17. The summed E-state index contributed by atoms with van der Waals surface area (Å²) in [6, 6.07) is 24.8. The number of likely N-dealkylation sites (N-methyl/N-ethyl adjacent to an activating group) is 1. The van der Waals surface area contributed by atoms with Gasteiger partial charge >= 0.3 is 12.1 Å². The summed E-state index contributed by atoms with van der Waals surface area (Å²) in [5.41, 5.74) is 5.57. The molecule has 0 heterocycles. The Bertz CT molecular complexity index is 1050. The standard InChI is InChI=1S/C26H26N2O4/c1-28(15-18-9-3-2-4-10-18)16-24(25(29)30)27-26(31)32-17-23-21-13-7-5-11-19(21)20-12-6-8-14-22(20)23/h2-14,23-24H,15-17H2,1H3,(H,27,31)(H,29,30). The van der Waals surface area contributed by atoms with Crippen molar-refractivity contribution in [1.82, 2.24) is 10.2 Å². The molecular weight excluding hydrogens is 404 g/mol. The van der Waals surface area contributed by atoms with Crippen molar-refractivity contribution in [2.75, 3.05) is 20.2 Å². The first-order chi connectivity index (χ1) is 15.5. The van der Waals surface area contributed by atoms with Gasteiger partial charge in [-0.1, -0.05) is 78.9 Å². The normalized spacial score (nSPS) is 13.3. The minimum absolute atomic E-state index is 0.0721. The van der Waals surface area contributed by atoms with Gasteiger partial charge in [0.1, 0.15) is 12.6 Å². The molecule has 0 saturated carbocycles. The largest absolute Gasteiger partial charge is 0.480 e. The number of aliphatic carboxylic acids is 1. The fraction of sp³-hybridized carbons (Fsp3) is 0.231. The molecule has 2 N–H and O–H groups in total. The molecule has 0 radical (unpaired) electrons. The van der Waals surface area contributed by atoms with Crippen LogP contribution in [-0.2, 0) is 16.1 Å². The summed E-state index contributed by atoms with van der Waals surface area (Å²) in [6.45, 7) is 0.886. The highest BCUT2D eigenvalue weighted by Crippen LogP contribution is 2.44. The number of amides is 1. The summed E-state index contributed by atoms with van der Waals surface area (Å²) >= 11 is 0. The van der Waals surface area contributed by atoms with E-state index in [-0.39, 0.29) is 19.1 Å². The fourth-order valence-corrected chi connectivity index (χ4v) is 4.24. The van der Waals surface area contributed by atoms with E-state index >= 15 is 0 Å². The van der Waals surface area contributed by atoms with Gasteiger partial charge in [-0.15, -0.1) is 0 Å². The van der Waals surface area contributed by atoms with Gasteiger partial charge in [-0.3, -0.25) is 4.90 Å². The third-order valence-corrected chi connectivity index (χ3v) is 5.72. The van der Waals surface area contributed by atoms with Crippen LogP contribution < -0.4 is 5.32 Å². The van der Waals surface area contributed by atoms with Crippen molar-refractivity contribution in [3.05, 3.63) is 95.6 Å². The van der Waals surface area contributed by atoms with Crippen molar-refractivity contribution in [3.8, 4) is 11.1 Å². The number of alkyl carbamates (subject to hydrolysis) is 1. The molecule has 3 aromatic carbocycles. The zero-order valence-electron chi connectivity index (χ0n) is 17.9. The number of benzene rings is 3. The number of nitrogens with one attached hydrogen (secondary N) is 1. The minimum Gasteiger partial charge on any atom is -0.480 e. The Morgan fingerprint density at radius 3 is 2.09 bits per heavy atom. The predicted octanol–water partition coefficient (Wildman–Crippen LogP) is 4.11. The fourth-order valence-electron chi connectivity index (χ4n) is 4.24. The van der Waals surface area contributed by atoms with Gasteiger partial charge in [0.15, 0.2) is 0 Å². The molecule has 0 aromatic heterocycles. The van der Waals surface area contributed by atoms with Crippen molar-refractivity contribution < 1.29 is 19.4 Å². The zero-order chi connectivity index (χ0) is 22.5. The summed E-state index contributed by atoms with van der Waals surface area (Å²) in [6.07, 6.45) is -0.729. The molecule has 1 aliphatic rings. The van der Waals surface area contributed by atoms with E-state index in [4.69, 9.17) is 4.74 Å². The van der Waals surface area contributed by atoms with Gasteiger partial charge in [-0.2, -0.15) is 0 Å². The maximum absolute atomic E-state index is 12.5. The van der Waals surface area contributed by atoms with Crippen LogP contribution in [0.2, 0.25) is 0 Å². The number of ether oxygens (including phenoxy) is 1. The summed E-state index contributed by atoms with van der Waals surface area (Å²) < 4.78 is 5.49. The molecule has 1 aliphatic carbocycles. The molecule has 0 saturated heterocycles. The first-order valence-corrected chi connectivity index (χ1v) is 10.6. The summed E-state index contributed by atoms with van der Waals surface area (Å²) in [7, 11) is 1.82. The van der Waals surface area contributed by atoms with Crippen LogP contribution in [0.1, 0.15) is 22.6 Å². The van der Waals surface area contributed by atoms with Crippen molar-refractivity contribution in [3.63, 3.8) is 0 Å². The number of carbonyl (C=O) groups is 2. The molecule has 164 valence electrons. The quantitative estimate of drug-likeness (QED) is 0.562. The van der Waals surface area contributed by atoms with E-state index in [0.717, 1.165) is 27.8 Å². The number of rotatable bonds is 8. The second-order valence-corrected chi connectivity index (χ2v) is 8.04. The smallest absolute Gasteiger partial charge is 0.407 e. The van der Waals surface area contributed by atoms with Gasteiger partial charge in [0, 0.05) is 19.0 Å². The van der Waals surface area contributed by atoms with Gasteiger partial charge in [-0.25, -0.2) is 9.59 Å². The van der Waals surface area contributed by atoms with Gasteiger partial charge in [-0.05, 0) is 34.9 Å². The van der Waals surface area contributed by atoms with Gasteiger partial charge in [0.05, 0.1) is 0 Å².